The van der Waals surface area contributed by atoms with Gasteiger partial charge in [0, 0.05) is 17.5 Å². The lowest BCUT2D eigenvalue weighted by Crippen LogP contribution is -2.48. The number of hydrogen-bond donors (Lipinski definition) is 2. The van der Waals surface area contributed by atoms with Crippen LogP contribution in [0.15, 0.2) is 18.2 Å². The Morgan fingerprint density at radius 1 is 1.23 bits per heavy atom. The van der Waals surface area contributed by atoms with E-state index < -0.39 is 0 Å². The van der Waals surface area contributed by atoms with Gasteiger partial charge in [-0.2, -0.15) is 5.10 Å². The second-order valence-electron chi connectivity index (χ2n) is 7.73. The molecule has 2 aromatic rings. The topological polar surface area (TPSA) is 67.0 Å². The molecule has 6 heteroatoms. The zero-order valence-electron chi connectivity index (χ0n) is 15.0. The number of amides is 1. The molecule has 1 aromatic heterocycles. The molecule has 0 unspecified atom stereocenters. The first kappa shape index (κ1) is 18.2. The van der Waals surface area contributed by atoms with Gasteiger partial charge in [0.25, 0.3) is 5.91 Å². The summed E-state index contributed by atoms with van der Waals surface area (Å²) in [5.41, 5.74) is 1.47. The van der Waals surface area contributed by atoms with E-state index >= 15 is 0 Å². The highest BCUT2D eigenvalue weighted by Crippen LogP contribution is 2.35. The van der Waals surface area contributed by atoms with E-state index in [0.29, 0.717) is 18.2 Å². The molecule has 0 atom stereocenters. The molecular formula is C20H26IN3O2. The summed E-state index contributed by atoms with van der Waals surface area (Å²) in [7, 11) is 0. The number of benzene rings is 1. The fraction of sp³-hybridized carbons (Fsp3) is 0.600. The van der Waals surface area contributed by atoms with Crippen molar-refractivity contribution < 1.29 is 9.53 Å². The molecule has 0 aliphatic heterocycles. The van der Waals surface area contributed by atoms with Gasteiger partial charge >= 0.3 is 0 Å². The van der Waals surface area contributed by atoms with E-state index in [2.05, 4.69) is 38.1 Å². The standard InChI is InChI=1S/C20H26IN3O2/c21-18-16-12-14(8-9-17(16)23-24-18)19(25)22-13-20(10-4-1-5-11-20)26-15-6-2-3-7-15/h8-9,12,15H,1-7,10-11,13H2,(H,22,25)(H,23,24). The summed E-state index contributed by atoms with van der Waals surface area (Å²) in [5.74, 6) is -0.0242. The number of nitrogens with zero attached hydrogens (tertiary/aromatic N) is 1. The van der Waals surface area contributed by atoms with E-state index in [1.165, 1.54) is 44.9 Å². The lowest BCUT2D eigenvalue weighted by atomic mass is 9.84. The maximum Gasteiger partial charge on any atom is 0.251 e. The largest absolute Gasteiger partial charge is 0.370 e. The highest BCUT2D eigenvalue weighted by molar-refractivity contribution is 14.1. The molecule has 0 bridgehead atoms. The van der Waals surface area contributed by atoms with Crippen molar-refractivity contribution >= 4 is 39.4 Å². The molecule has 0 saturated heterocycles. The predicted octanol–water partition coefficient (Wildman–Crippen LogP) is 4.56. The van der Waals surface area contributed by atoms with Crippen molar-refractivity contribution in [3.63, 3.8) is 0 Å². The molecule has 0 radical (unpaired) electrons. The Balaban J connectivity index is 1.45. The molecule has 5 nitrogen and oxygen atoms in total. The number of halogens is 1. The van der Waals surface area contributed by atoms with Crippen molar-refractivity contribution in [2.24, 2.45) is 0 Å². The van der Waals surface area contributed by atoms with E-state index in [1.54, 1.807) is 0 Å². The number of rotatable bonds is 5. The first-order chi connectivity index (χ1) is 12.7. The normalized spacial score (nSPS) is 20.5. The molecule has 2 fully saturated rings. The van der Waals surface area contributed by atoms with Crippen LogP contribution in [0, 0.1) is 3.70 Å². The zero-order chi connectivity index (χ0) is 18.0. The lowest BCUT2D eigenvalue weighted by molar-refractivity contribution is -0.108. The highest BCUT2D eigenvalue weighted by atomic mass is 127. The van der Waals surface area contributed by atoms with Gasteiger partial charge in [0.05, 0.1) is 17.2 Å². The highest BCUT2D eigenvalue weighted by Gasteiger charge is 2.36. The van der Waals surface area contributed by atoms with Gasteiger partial charge in [-0.15, -0.1) is 0 Å². The Bertz CT molecular complexity index is 776. The van der Waals surface area contributed by atoms with Gasteiger partial charge < -0.3 is 10.1 Å². The van der Waals surface area contributed by atoms with Crippen molar-refractivity contribution in [1.82, 2.24) is 15.5 Å². The number of carbonyl (C=O) groups excluding carboxylic acids is 1. The monoisotopic (exact) mass is 467 g/mol. The van der Waals surface area contributed by atoms with Gasteiger partial charge in [-0.25, -0.2) is 0 Å². The second kappa shape index (κ2) is 7.84. The second-order valence-corrected chi connectivity index (χ2v) is 8.75. The smallest absolute Gasteiger partial charge is 0.251 e. The van der Waals surface area contributed by atoms with Crippen LogP contribution in [0.2, 0.25) is 0 Å². The summed E-state index contributed by atoms with van der Waals surface area (Å²) >= 11 is 2.19. The van der Waals surface area contributed by atoms with Crippen molar-refractivity contribution in [2.45, 2.75) is 69.5 Å². The third-order valence-corrected chi connectivity index (χ3v) is 6.66. The van der Waals surface area contributed by atoms with E-state index in [1.807, 2.05) is 18.2 Å². The molecular weight excluding hydrogens is 441 g/mol. The van der Waals surface area contributed by atoms with Crippen molar-refractivity contribution in [1.29, 1.82) is 0 Å². The van der Waals surface area contributed by atoms with E-state index in [4.69, 9.17) is 4.74 Å². The molecule has 0 spiro atoms. The Morgan fingerprint density at radius 2 is 2.00 bits per heavy atom. The Morgan fingerprint density at radius 3 is 2.77 bits per heavy atom. The lowest BCUT2D eigenvalue weighted by Gasteiger charge is -2.39. The molecule has 1 heterocycles. The summed E-state index contributed by atoms with van der Waals surface area (Å²) in [6.45, 7) is 0.614. The average Bonchev–Trinajstić information content (AvgIpc) is 3.30. The van der Waals surface area contributed by atoms with Crippen LogP contribution in [0.3, 0.4) is 0 Å². The van der Waals surface area contributed by atoms with E-state index in [-0.39, 0.29) is 11.5 Å². The third kappa shape index (κ3) is 3.91. The maximum atomic E-state index is 12.7. The molecule has 2 N–H and O–H groups in total. The number of aromatic nitrogens is 2. The molecule has 1 amide bonds. The molecule has 4 rings (SSSR count). The SMILES string of the molecule is O=C(NCC1(OC2CCCC2)CCCCC1)c1ccc2[nH]nc(I)c2c1. The van der Waals surface area contributed by atoms with Crippen LogP contribution in [-0.2, 0) is 4.74 Å². The predicted molar refractivity (Wildman–Crippen MR) is 110 cm³/mol. The molecule has 2 aliphatic carbocycles. The van der Waals surface area contributed by atoms with Gasteiger partial charge in [0.1, 0.15) is 3.70 Å². The fourth-order valence-corrected chi connectivity index (χ4v) is 4.93. The number of carbonyl (C=O) groups is 1. The number of aromatic amines is 1. The summed E-state index contributed by atoms with van der Waals surface area (Å²) in [4.78, 5) is 12.7. The Hall–Kier alpha value is -1.15. The van der Waals surface area contributed by atoms with Crippen LogP contribution < -0.4 is 5.32 Å². The van der Waals surface area contributed by atoms with Crippen LogP contribution in [-0.4, -0.2) is 34.4 Å². The number of H-pyrrole nitrogens is 1. The first-order valence-corrected chi connectivity index (χ1v) is 10.8. The number of ether oxygens (including phenoxy) is 1. The molecule has 26 heavy (non-hydrogen) atoms. The number of fused-ring (bicyclic) bond motifs is 1. The maximum absolute atomic E-state index is 12.7. The van der Waals surface area contributed by atoms with Gasteiger partial charge in [-0.1, -0.05) is 32.1 Å². The van der Waals surface area contributed by atoms with E-state index in [9.17, 15) is 4.79 Å². The first-order valence-electron chi connectivity index (χ1n) is 9.75. The Kier molecular flexibility index (Phi) is 5.50. The van der Waals surface area contributed by atoms with Crippen molar-refractivity contribution in [3.05, 3.63) is 27.5 Å². The van der Waals surface area contributed by atoms with Gasteiger partial charge in [0.2, 0.25) is 0 Å². The van der Waals surface area contributed by atoms with Gasteiger partial charge in [0.15, 0.2) is 0 Å². The minimum Gasteiger partial charge on any atom is -0.370 e. The van der Waals surface area contributed by atoms with Crippen LogP contribution in [0.5, 0.6) is 0 Å². The summed E-state index contributed by atoms with van der Waals surface area (Å²) in [6, 6.07) is 5.70. The summed E-state index contributed by atoms with van der Waals surface area (Å²) < 4.78 is 7.46. The molecule has 2 aliphatic rings. The summed E-state index contributed by atoms with van der Waals surface area (Å²) in [5, 5.41) is 11.3. The number of nitrogens with one attached hydrogen (secondary N) is 2. The van der Waals surface area contributed by atoms with Crippen LogP contribution in [0.4, 0.5) is 0 Å². The van der Waals surface area contributed by atoms with E-state index in [0.717, 1.165) is 27.4 Å². The average molecular weight is 467 g/mol. The van der Waals surface area contributed by atoms with Gasteiger partial charge in [-0.3, -0.25) is 9.89 Å². The number of hydrogen-bond acceptors (Lipinski definition) is 3. The third-order valence-electron chi connectivity index (χ3n) is 5.83. The van der Waals surface area contributed by atoms with Crippen LogP contribution in [0.25, 0.3) is 10.9 Å². The Labute approximate surface area is 167 Å². The zero-order valence-corrected chi connectivity index (χ0v) is 17.2. The minimum absolute atomic E-state index is 0.0242. The molecule has 2 saturated carbocycles. The van der Waals surface area contributed by atoms with Crippen LogP contribution >= 0.6 is 22.6 Å². The van der Waals surface area contributed by atoms with Gasteiger partial charge in [-0.05, 0) is 66.5 Å². The van der Waals surface area contributed by atoms with Crippen LogP contribution in [0.1, 0.15) is 68.1 Å². The minimum atomic E-state index is -0.170. The summed E-state index contributed by atoms with van der Waals surface area (Å²) in [6.07, 6.45) is 11.1. The quantitative estimate of drug-likeness (QED) is 0.634. The molecule has 140 valence electrons. The van der Waals surface area contributed by atoms with Crippen molar-refractivity contribution in [2.75, 3.05) is 6.54 Å². The fourth-order valence-electron chi connectivity index (χ4n) is 4.36. The molecule has 1 aromatic carbocycles. The van der Waals surface area contributed by atoms with Crippen molar-refractivity contribution in [3.8, 4) is 0 Å².